The Kier molecular flexibility index (Phi) is 5.36. The van der Waals surface area contributed by atoms with Crippen molar-refractivity contribution in [1.29, 1.82) is 0 Å². The molecule has 1 aromatic rings. The molecule has 19 heavy (non-hydrogen) atoms. The predicted octanol–water partition coefficient (Wildman–Crippen LogP) is 1.93. The number of rotatable bonds is 6. The second kappa shape index (κ2) is 6.78. The number of carboxylic acids is 1. The minimum Gasteiger partial charge on any atom is -0.507 e. The van der Waals surface area contributed by atoms with E-state index in [1.807, 2.05) is 13.8 Å². The molecule has 1 atom stereocenters. The Bertz CT molecular complexity index is 471. The molecule has 0 saturated heterocycles. The van der Waals surface area contributed by atoms with Gasteiger partial charge in [-0.15, -0.1) is 0 Å². The summed E-state index contributed by atoms with van der Waals surface area (Å²) in [5.41, 5.74) is 1.02. The highest BCUT2D eigenvalue weighted by molar-refractivity contribution is 5.97. The number of carboxylic acid groups (broad SMARTS) is 1. The van der Waals surface area contributed by atoms with E-state index in [1.165, 1.54) is 6.07 Å². The number of carbonyl (C=O) groups is 2. The van der Waals surface area contributed by atoms with Crippen LogP contribution in [-0.2, 0) is 4.79 Å². The topological polar surface area (TPSA) is 86.6 Å². The van der Waals surface area contributed by atoms with Crippen LogP contribution in [0.1, 0.15) is 35.7 Å². The van der Waals surface area contributed by atoms with E-state index in [0.29, 0.717) is 6.42 Å². The third kappa shape index (κ3) is 4.28. The van der Waals surface area contributed by atoms with Crippen molar-refractivity contribution in [1.82, 2.24) is 5.32 Å². The van der Waals surface area contributed by atoms with Crippen LogP contribution in [-0.4, -0.2) is 28.6 Å². The molecule has 3 N–H and O–H groups in total. The van der Waals surface area contributed by atoms with Crippen molar-refractivity contribution in [2.75, 3.05) is 6.54 Å². The number of aliphatic carboxylic acids is 1. The van der Waals surface area contributed by atoms with Crippen LogP contribution in [0.3, 0.4) is 0 Å². The maximum Gasteiger partial charge on any atom is 0.308 e. The molecule has 0 radical (unpaired) electrons. The monoisotopic (exact) mass is 265 g/mol. The van der Waals surface area contributed by atoms with Crippen molar-refractivity contribution in [3.63, 3.8) is 0 Å². The van der Waals surface area contributed by atoms with Crippen molar-refractivity contribution in [2.24, 2.45) is 5.92 Å². The Balaban J connectivity index is 2.69. The van der Waals surface area contributed by atoms with Gasteiger partial charge in [0.25, 0.3) is 5.91 Å². The molecule has 0 aliphatic carbocycles. The van der Waals surface area contributed by atoms with Crippen LogP contribution in [0.15, 0.2) is 18.2 Å². The number of amides is 1. The van der Waals surface area contributed by atoms with Crippen LogP contribution < -0.4 is 5.32 Å². The summed E-state index contributed by atoms with van der Waals surface area (Å²) in [5, 5.41) is 21.1. The highest BCUT2D eigenvalue weighted by Crippen LogP contribution is 2.18. The Morgan fingerprint density at radius 3 is 2.63 bits per heavy atom. The molecule has 0 aromatic heterocycles. The predicted molar refractivity (Wildman–Crippen MR) is 71.2 cm³/mol. The lowest BCUT2D eigenvalue weighted by molar-refractivity contribution is -0.141. The Hall–Kier alpha value is -2.04. The van der Waals surface area contributed by atoms with Crippen LogP contribution in [0.2, 0.25) is 0 Å². The first-order chi connectivity index (χ1) is 8.95. The standard InChI is InChI=1S/C14H19NO4/c1-3-4-10(14(18)19)8-15-13(17)11-7-9(2)5-6-12(11)16/h5-7,10,16H,3-4,8H2,1-2H3,(H,15,17)(H,18,19). The van der Waals surface area contributed by atoms with E-state index in [2.05, 4.69) is 5.32 Å². The molecule has 0 aliphatic heterocycles. The van der Waals surface area contributed by atoms with Gasteiger partial charge in [-0.25, -0.2) is 0 Å². The number of phenolic OH excluding ortho intramolecular Hbond substituents is 1. The summed E-state index contributed by atoms with van der Waals surface area (Å²) in [4.78, 5) is 22.8. The summed E-state index contributed by atoms with van der Waals surface area (Å²) in [6.07, 6.45) is 1.25. The van der Waals surface area contributed by atoms with Crippen LogP contribution in [0.4, 0.5) is 0 Å². The first kappa shape index (κ1) is 15.0. The summed E-state index contributed by atoms with van der Waals surface area (Å²) in [6, 6.07) is 4.72. The molecule has 0 spiro atoms. The number of aromatic hydroxyl groups is 1. The normalized spacial score (nSPS) is 11.9. The van der Waals surface area contributed by atoms with E-state index < -0.39 is 17.8 Å². The molecule has 5 heteroatoms. The van der Waals surface area contributed by atoms with E-state index in [4.69, 9.17) is 5.11 Å². The highest BCUT2D eigenvalue weighted by Gasteiger charge is 2.18. The SMILES string of the molecule is CCCC(CNC(=O)c1cc(C)ccc1O)C(=O)O. The van der Waals surface area contributed by atoms with Crippen LogP contribution in [0, 0.1) is 12.8 Å². The molecule has 1 amide bonds. The van der Waals surface area contributed by atoms with Gasteiger partial charge in [-0.3, -0.25) is 9.59 Å². The highest BCUT2D eigenvalue weighted by atomic mass is 16.4. The Morgan fingerprint density at radius 2 is 2.05 bits per heavy atom. The molecule has 5 nitrogen and oxygen atoms in total. The molecule has 1 aromatic carbocycles. The maximum absolute atomic E-state index is 11.9. The van der Waals surface area contributed by atoms with Crippen LogP contribution >= 0.6 is 0 Å². The Labute approximate surface area is 112 Å². The van der Waals surface area contributed by atoms with E-state index >= 15 is 0 Å². The second-order valence-electron chi connectivity index (χ2n) is 4.55. The summed E-state index contributed by atoms with van der Waals surface area (Å²) in [6.45, 7) is 3.77. The summed E-state index contributed by atoms with van der Waals surface area (Å²) < 4.78 is 0. The lowest BCUT2D eigenvalue weighted by Gasteiger charge is -2.13. The molecule has 0 bridgehead atoms. The van der Waals surface area contributed by atoms with Crippen molar-refractivity contribution in [3.8, 4) is 5.75 Å². The third-order valence-corrected chi connectivity index (χ3v) is 2.89. The van der Waals surface area contributed by atoms with E-state index in [1.54, 1.807) is 12.1 Å². The van der Waals surface area contributed by atoms with E-state index in [0.717, 1.165) is 12.0 Å². The molecule has 1 rings (SSSR count). The van der Waals surface area contributed by atoms with Crippen molar-refractivity contribution in [2.45, 2.75) is 26.7 Å². The first-order valence-corrected chi connectivity index (χ1v) is 6.26. The quantitative estimate of drug-likeness (QED) is 0.733. The summed E-state index contributed by atoms with van der Waals surface area (Å²) >= 11 is 0. The van der Waals surface area contributed by atoms with Gasteiger partial charge in [0.05, 0.1) is 11.5 Å². The molecule has 0 aliphatic rings. The smallest absolute Gasteiger partial charge is 0.308 e. The van der Waals surface area contributed by atoms with E-state index in [-0.39, 0.29) is 17.9 Å². The van der Waals surface area contributed by atoms with Crippen molar-refractivity contribution >= 4 is 11.9 Å². The average molecular weight is 265 g/mol. The molecule has 0 saturated carbocycles. The summed E-state index contributed by atoms with van der Waals surface area (Å²) in [5.74, 6) is -2.08. The number of hydrogen-bond acceptors (Lipinski definition) is 3. The van der Waals surface area contributed by atoms with Gasteiger partial charge in [-0.2, -0.15) is 0 Å². The number of carbonyl (C=O) groups excluding carboxylic acids is 1. The zero-order chi connectivity index (χ0) is 14.4. The largest absolute Gasteiger partial charge is 0.507 e. The fourth-order valence-corrected chi connectivity index (χ4v) is 1.80. The van der Waals surface area contributed by atoms with Gasteiger partial charge in [-0.1, -0.05) is 25.0 Å². The number of aryl methyl sites for hydroxylation is 1. The minimum atomic E-state index is -0.921. The van der Waals surface area contributed by atoms with Gasteiger partial charge in [-0.05, 0) is 25.5 Å². The average Bonchev–Trinajstić information content (AvgIpc) is 2.36. The zero-order valence-corrected chi connectivity index (χ0v) is 11.1. The minimum absolute atomic E-state index is 0.0649. The van der Waals surface area contributed by atoms with Crippen molar-refractivity contribution in [3.05, 3.63) is 29.3 Å². The first-order valence-electron chi connectivity index (χ1n) is 6.26. The maximum atomic E-state index is 11.9. The molecule has 0 fully saturated rings. The lowest BCUT2D eigenvalue weighted by atomic mass is 10.0. The van der Waals surface area contributed by atoms with Gasteiger partial charge in [0.2, 0.25) is 0 Å². The van der Waals surface area contributed by atoms with Gasteiger partial charge >= 0.3 is 5.97 Å². The van der Waals surface area contributed by atoms with Crippen molar-refractivity contribution < 1.29 is 19.8 Å². The molecule has 104 valence electrons. The molecule has 1 unspecified atom stereocenters. The zero-order valence-electron chi connectivity index (χ0n) is 11.1. The van der Waals surface area contributed by atoms with Gasteiger partial charge < -0.3 is 15.5 Å². The molecular weight excluding hydrogens is 246 g/mol. The second-order valence-corrected chi connectivity index (χ2v) is 4.55. The van der Waals surface area contributed by atoms with Crippen LogP contribution in [0.25, 0.3) is 0 Å². The fraction of sp³-hybridized carbons (Fsp3) is 0.429. The third-order valence-electron chi connectivity index (χ3n) is 2.89. The van der Waals surface area contributed by atoms with Gasteiger partial charge in [0.15, 0.2) is 0 Å². The number of nitrogens with one attached hydrogen (secondary N) is 1. The summed E-state index contributed by atoms with van der Waals surface area (Å²) in [7, 11) is 0. The van der Waals surface area contributed by atoms with Crippen LogP contribution in [0.5, 0.6) is 5.75 Å². The number of hydrogen-bond donors (Lipinski definition) is 3. The fourth-order valence-electron chi connectivity index (χ4n) is 1.80. The van der Waals surface area contributed by atoms with E-state index in [9.17, 15) is 14.7 Å². The molecule has 0 heterocycles. The number of phenols is 1. The van der Waals surface area contributed by atoms with Gasteiger partial charge in [0, 0.05) is 6.54 Å². The number of benzene rings is 1. The Morgan fingerprint density at radius 1 is 1.37 bits per heavy atom. The lowest BCUT2D eigenvalue weighted by Crippen LogP contribution is -2.33. The molecular formula is C14H19NO4. The van der Waals surface area contributed by atoms with Gasteiger partial charge in [0.1, 0.15) is 5.75 Å².